The van der Waals surface area contributed by atoms with E-state index in [4.69, 9.17) is 0 Å². The molecule has 0 amide bonds. The summed E-state index contributed by atoms with van der Waals surface area (Å²) >= 11 is 0. The number of likely N-dealkylation sites (tertiary alicyclic amines) is 1. The number of nitrogens with zero attached hydrogens (tertiary/aromatic N) is 1. The van der Waals surface area contributed by atoms with Crippen LogP contribution in [0.4, 0.5) is 0 Å². The highest BCUT2D eigenvalue weighted by atomic mass is 16.3. The van der Waals surface area contributed by atoms with Crippen molar-refractivity contribution in [3.05, 3.63) is 29.8 Å². The number of aliphatic hydroxyl groups excluding tert-OH is 1. The topological polar surface area (TPSA) is 43.7 Å². The zero-order valence-electron chi connectivity index (χ0n) is 8.06. The van der Waals surface area contributed by atoms with Crippen LogP contribution in [0.3, 0.4) is 0 Å². The van der Waals surface area contributed by atoms with Crippen molar-refractivity contribution in [3.8, 4) is 5.75 Å². The number of aromatic hydroxyl groups is 1. The van der Waals surface area contributed by atoms with E-state index in [1.807, 2.05) is 12.1 Å². The molecule has 3 heteroatoms. The van der Waals surface area contributed by atoms with E-state index in [0.717, 1.165) is 31.6 Å². The molecule has 1 aliphatic rings. The molecule has 0 saturated carbocycles. The highest BCUT2D eigenvalue weighted by molar-refractivity contribution is 5.27. The maximum atomic E-state index is 9.34. The van der Waals surface area contributed by atoms with Crippen molar-refractivity contribution in [3.63, 3.8) is 0 Å². The van der Waals surface area contributed by atoms with Gasteiger partial charge in [-0.2, -0.15) is 0 Å². The highest BCUT2D eigenvalue weighted by Crippen LogP contribution is 2.16. The Hall–Kier alpha value is -1.06. The summed E-state index contributed by atoms with van der Waals surface area (Å²) in [5.41, 5.74) is 1.10. The van der Waals surface area contributed by atoms with Crippen LogP contribution >= 0.6 is 0 Å². The van der Waals surface area contributed by atoms with Crippen LogP contribution < -0.4 is 0 Å². The summed E-state index contributed by atoms with van der Waals surface area (Å²) in [6.07, 6.45) is 0.686. The van der Waals surface area contributed by atoms with Gasteiger partial charge in [-0.05, 0) is 24.1 Å². The Labute approximate surface area is 83.6 Å². The Morgan fingerprint density at radius 1 is 1.43 bits per heavy atom. The van der Waals surface area contributed by atoms with Crippen LogP contribution in [-0.2, 0) is 6.54 Å². The summed E-state index contributed by atoms with van der Waals surface area (Å²) in [5, 5.41) is 18.6. The van der Waals surface area contributed by atoms with E-state index >= 15 is 0 Å². The van der Waals surface area contributed by atoms with Gasteiger partial charge in [0.25, 0.3) is 0 Å². The second-order valence-corrected chi connectivity index (χ2v) is 3.85. The van der Waals surface area contributed by atoms with Crippen LogP contribution in [0.1, 0.15) is 12.0 Å². The van der Waals surface area contributed by atoms with Gasteiger partial charge in [0.05, 0.1) is 6.10 Å². The first-order valence-corrected chi connectivity index (χ1v) is 4.92. The number of phenolic OH excluding ortho intramolecular Hbond substituents is 1. The standard InChI is InChI=1S/C11H15NO2/c13-10-3-1-2-9(6-10)7-12-5-4-11(14)8-12/h1-3,6,11,13-14H,4-5,7-8H2. The molecule has 1 fully saturated rings. The minimum absolute atomic E-state index is 0.174. The van der Waals surface area contributed by atoms with Gasteiger partial charge in [-0.25, -0.2) is 0 Å². The van der Waals surface area contributed by atoms with Gasteiger partial charge in [0.2, 0.25) is 0 Å². The lowest BCUT2D eigenvalue weighted by atomic mass is 10.2. The molecule has 76 valence electrons. The molecule has 1 unspecified atom stereocenters. The minimum atomic E-state index is -0.174. The van der Waals surface area contributed by atoms with Gasteiger partial charge in [-0.15, -0.1) is 0 Å². The SMILES string of the molecule is Oc1cccc(CN2CCC(O)C2)c1. The third-order valence-electron chi connectivity index (χ3n) is 2.56. The zero-order chi connectivity index (χ0) is 9.97. The average molecular weight is 193 g/mol. The van der Waals surface area contributed by atoms with E-state index in [-0.39, 0.29) is 6.10 Å². The first kappa shape index (κ1) is 9.49. The molecule has 14 heavy (non-hydrogen) atoms. The lowest BCUT2D eigenvalue weighted by Gasteiger charge is -2.14. The normalized spacial score (nSPS) is 22.8. The Bertz CT molecular complexity index is 314. The highest BCUT2D eigenvalue weighted by Gasteiger charge is 2.19. The molecule has 1 saturated heterocycles. The quantitative estimate of drug-likeness (QED) is 0.735. The maximum absolute atomic E-state index is 9.34. The maximum Gasteiger partial charge on any atom is 0.115 e. The third kappa shape index (κ3) is 2.25. The molecule has 0 radical (unpaired) electrons. The monoisotopic (exact) mass is 193 g/mol. The summed E-state index contributed by atoms with van der Waals surface area (Å²) in [5.74, 6) is 0.308. The van der Waals surface area contributed by atoms with E-state index in [2.05, 4.69) is 4.90 Å². The molecule has 0 aliphatic carbocycles. The van der Waals surface area contributed by atoms with Crippen molar-refractivity contribution < 1.29 is 10.2 Å². The van der Waals surface area contributed by atoms with Crippen molar-refractivity contribution in [2.75, 3.05) is 13.1 Å². The number of aliphatic hydroxyl groups is 1. The smallest absolute Gasteiger partial charge is 0.115 e. The van der Waals surface area contributed by atoms with E-state index in [1.165, 1.54) is 0 Å². The van der Waals surface area contributed by atoms with Crippen molar-refractivity contribution in [1.82, 2.24) is 4.90 Å². The molecule has 1 aromatic carbocycles. The van der Waals surface area contributed by atoms with Gasteiger partial charge in [0.15, 0.2) is 0 Å². The zero-order valence-corrected chi connectivity index (χ0v) is 8.06. The molecular weight excluding hydrogens is 178 g/mol. The molecule has 2 N–H and O–H groups in total. The molecule has 0 spiro atoms. The molecular formula is C11H15NO2. The molecule has 1 aliphatic heterocycles. The van der Waals surface area contributed by atoms with Crippen LogP contribution in [0.2, 0.25) is 0 Å². The fourth-order valence-corrected chi connectivity index (χ4v) is 1.87. The Morgan fingerprint density at radius 2 is 2.29 bits per heavy atom. The van der Waals surface area contributed by atoms with Crippen molar-refractivity contribution >= 4 is 0 Å². The second-order valence-electron chi connectivity index (χ2n) is 3.85. The van der Waals surface area contributed by atoms with Gasteiger partial charge < -0.3 is 10.2 Å². The lowest BCUT2D eigenvalue weighted by Crippen LogP contribution is -2.21. The number of hydrogen-bond donors (Lipinski definition) is 2. The van der Waals surface area contributed by atoms with E-state index in [9.17, 15) is 10.2 Å². The predicted octanol–water partition coefficient (Wildman–Crippen LogP) is 0.959. The first-order valence-electron chi connectivity index (χ1n) is 4.92. The molecule has 0 bridgehead atoms. The van der Waals surface area contributed by atoms with Gasteiger partial charge in [0.1, 0.15) is 5.75 Å². The summed E-state index contributed by atoms with van der Waals surface area (Å²) in [6.45, 7) is 2.50. The fraction of sp³-hybridized carbons (Fsp3) is 0.455. The van der Waals surface area contributed by atoms with E-state index in [0.29, 0.717) is 5.75 Å². The number of benzene rings is 1. The molecule has 1 atom stereocenters. The van der Waals surface area contributed by atoms with Gasteiger partial charge in [-0.1, -0.05) is 12.1 Å². The number of hydrogen-bond acceptors (Lipinski definition) is 3. The number of phenols is 1. The fourth-order valence-electron chi connectivity index (χ4n) is 1.87. The van der Waals surface area contributed by atoms with Gasteiger partial charge in [-0.3, -0.25) is 4.90 Å². The number of rotatable bonds is 2. The predicted molar refractivity (Wildman–Crippen MR) is 54.0 cm³/mol. The lowest BCUT2D eigenvalue weighted by molar-refractivity contribution is 0.175. The number of β-amino-alcohol motifs (C(OH)–C–C–N with tert-alkyl or cyclic N) is 1. The Kier molecular flexibility index (Phi) is 2.70. The summed E-state index contributed by atoms with van der Waals surface area (Å²) in [4.78, 5) is 2.19. The third-order valence-corrected chi connectivity index (χ3v) is 2.56. The van der Waals surface area contributed by atoms with Crippen molar-refractivity contribution in [2.24, 2.45) is 0 Å². The summed E-state index contributed by atoms with van der Waals surface area (Å²) in [6, 6.07) is 7.27. The van der Waals surface area contributed by atoms with Crippen LogP contribution in [0.5, 0.6) is 5.75 Å². The molecule has 3 nitrogen and oxygen atoms in total. The summed E-state index contributed by atoms with van der Waals surface area (Å²) in [7, 11) is 0. The van der Waals surface area contributed by atoms with Crippen molar-refractivity contribution in [2.45, 2.75) is 19.1 Å². The molecule has 0 aromatic heterocycles. The van der Waals surface area contributed by atoms with Crippen LogP contribution in [-0.4, -0.2) is 34.3 Å². The second kappa shape index (κ2) is 3.98. The first-order chi connectivity index (χ1) is 6.74. The van der Waals surface area contributed by atoms with Crippen LogP contribution in [0.25, 0.3) is 0 Å². The van der Waals surface area contributed by atoms with E-state index in [1.54, 1.807) is 12.1 Å². The summed E-state index contributed by atoms with van der Waals surface area (Å²) < 4.78 is 0. The Morgan fingerprint density at radius 3 is 2.93 bits per heavy atom. The molecule has 2 rings (SSSR count). The van der Waals surface area contributed by atoms with Gasteiger partial charge >= 0.3 is 0 Å². The van der Waals surface area contributed by atoms with Crippen molar-refractivity contribution in [1.29, 1.82) is 0 Å². The molecule has 1 heterocycles. The van der Waals surface area contributed by atoms with Crippen LogP contribution in [0, 0.1) is 0 Å². The minimum Gasteiger partial charge on any atom is -0.508 e. The molecule has 1 aromatic rings. The average Bonchev–Trinajstić information content (AvgIpc) is 2.51. The van der Waals surface area contributed by atoms with Gasteiger partial charge in [0, 0.05) is 19.6 Å². The largest absolute Gasteiger partial charge is 0.508 e. The van der Waals surface area contributed by atoms with Crippen LogP contribution in [0.15, 0.2) is 24.3 Å². The van der Waals surface area contributed by atoms with E-state index < -0.39 is 0 Å². The Balaban J connectivity index is 1.97.